The Labute approximate surface area is 120 Å². The highest BCUT2D eigenvalue weighted by Crippen LogP contribution is 2.19. The van der Waals surface area contributed by atoms with Gasteiger partial charge in [0, 0.05) is 11.5 Å². The minimum absolute atomic E-state index is 0.136. The standard InChI is InChI=1S/C13H16N2O4S/c1-3-18-4-5-19-11(16)7-15-8-14-12-10(13(15)17)6-9(2)20-12/h6,8H,3-5,7H2,1-2H3. The van der Waals surface area contributed by atoms with Gasteiger partial charge in [-0.15, -0.1) is 11.3 Å². The van der Waals surface area contributed by atoms with Crippen LogP contribution in [-0.2, 0) is 20.8 Å². The van der Waals surface area contributed by atoms with Gasteiger partial charge in [-0.25, -0.2) is 4.98 Å². The zero-order chi connectivity index (χ0) is 14.5. The van der Waals surface area contributed by atoms with E-state index in [0.717, 1.165) is 4.88 Å². The fraction of sp³-hybridized carbons (Fsp3) is 0.462. The molecule has 7 heteroatoms. The minimum Gasteiger partial charge on any atom is -0.462 e. The fourth-order valence-electron chi connectivity index (χ4n) is 1.74. The van der Waals surface area contributed by atoms with Gasteiger partial charge in [0.25, 0.3) is 5.56 Å². The van der Waals surface area contributed by atoms with Crippen LogP contribution in [0.25, 0.3) is 10.2 Å². The third-order valence-electron chi connectivity index (χ3n) is 2.64. The van der Waals surface area contributed by atoms with Crippen LogP contribution in [0.3, 0.4) is 0 Å². The van der Waals surface area contributed by atoms with Gasteiger partial charge in [-0.1, -0.05) is 0 Å². The van der Waals surface area contributed by atoms with Gasteiger partial charge in [0.05, 0.1) is 18.3 Å². The molecule has 2 rings (SSSR count). The summed E-state index contributed by atoms with van der Waals surface area (Å²) in [6.07, 6.45) is 1.38. The summed E-state index contributed by atoms with van der Waals surface area (Å²) in [5, 5.41) is 0.539. The number of thiophene rings is 1. The van der Waals surface area contributed by atoms with E-state index in [1.54, 1.807) is 6.07 Å². The van der Waals surface area contributed by atoms with Crippen molar-refractivity contribution in [3.05, 3.63) is 27.6 Å². The number of rotatable bonds is 6. The number of nitrogens with zero attached hydrogens (tertiary/aromatic N) is 2. The van der Waals surface area contributed by atoms with Crippen molar-refractivity contribution in [2.45, 2.75) is 20.4 Å². The molecule has 0 aliphatic rings. The number of carbonyl (C=O) groups excluding carboxylic acids is 1. The van der Waals surface area contributed by atoms with E-state index in [0.29, 0.717) is 23.4 Å². The monoisotopic (exact) mass is 296 g/mol. The van der Waals surface area contributed by atoms with Crippen LogP contribution in [0, 0.1) is 6.92 Å². The Balaban J connectivity index is 2.04. The molecular weight excluding hydrogens is 280 g/mol. The van der Waals surface area contributed by atoms with Gasteiger partial charge in [-0.3, -0.25) is 14.2 Å². The van der Waals surface area contributed by atoms with Crippen LogP contribution in [0.15, 0.2) is 17.2 Å². The Morgan fingerprint density at radius 3 is 3.00 bits per heavy atom. The summed E-state index contributed by atoms with van der Waals surface area (Å²) in [5.74, 6) is -0.472. The van der Waals surface area contributed by atoms with E-state index in [-0.39, 0.29) is 18.7 Å². The van der Waals surface area contributed by atoms with E-state index in [1.165, 1.54) is 22.2 Å². The molecule has 0 aliphatic carbocycles. The van der Waals surface area contributed by atoms with Gasteiger partial charge in [0.1, 0.15) is 18.0 Å². The summed E-state index contributed by atoms with van der Waals surface area (Å²) >= 11 is 1.46. The molecular formula is C13H16N2O4S. The van der Waals surface area contributed by atoms with Crippen molar-refractivity contribution < 1.29 is 14.3 Å². The Morgan fingerprint density at radius 1 is 1.45 bits per heavy atom. The first-order valence-electron chi connectivity index (χ1n) is 6.30. The van der Waals surface area contributed by atoms with E-state index < -0.39 is 5.97 Å². The maximum absolute atomic E-state index is 12.2. The lowest BCUT2D eigenvalue weighted by atomic mass is 10.4. The van der Waals surface area contributed by atoms with Crippen molar-refractivity contribution in [1.29, 1.82) is 0 Å². The maximum Gasteiger partial charge on any atom is 0.326 e. The first kappa shape index (κ1) is 14.7. The molecule has 0 radical (unpaired) electrons. The predicted octanol–water partition coefficient (Wildman–Crippen LogP) is 1.35. The number of hydrogen-bond donors (Lipinski definition) is 0. The molecule has 108 valence electrons. The Bertz CT molecular complexity index is 662. The summed E-state index contributed by atoms with van der Waals surface area (Å²) in [5.41, 5.74) is -0.221. The largest absolute Gasteiger partial charge is 0.462 e. The molecule has 0 N–H and O–H groups in total. The highest BCUT2D eigenvalue weighted by Gasteiger charge is 2.10. The second-order valence-electron chi connectivity index (χ2n) is 4.17. The molecule has 2 heterocycles. The maximum atomic E-state index is 12.2. The zero-order valence-electron chi connectivity index (χ0n) is 11.4. The summed E-state index contributed by atoms with van der Waals surface area (Å²) in [6, 6.07) is 1.78. The van der Waals surface area contributed by atoms with Crippen molar-refractivity contribution in [1.82, 2.24) is 9.55 Å². The predicted molar refractivity (Wildman–Crippen MR) is 76.1 cm³/mol. The van der Waals surface area contributed by atoms with E-state index >= 15 is 0 Å². The van der Waals surface area contributed by atoms with Crippen LogP contribution in [0.2, 0.25) is 0 Å². The van der Waals surface area contributed by atoms with Crippen LogP contribution < -0.4 is 5.56 Å². The van der Waals surface area contributed by atoms with Crippen molar-refractivity contribution >= 4 is 27.5 Å². The normalized spacial score (nSPS) is 10.9. The fourth-order valence-corrected chi connectivity index (χ4v) is 2.57. The molecule has 0 unspecified atom stereocenters. The van der Waals surface area contributed by atoms with E-state index in [4.69, 9.17) is 9.47 Å². The smallest absolute Gasteiger partial charge is 0.326 e. The Morgan fingerprint density at radius 2 is 2.25 bits per heavy atom. The summed E-state index contributed by atoms with van der Waals surface area (Å²) < 4.78 is 11.3. The quantitative estimate of drug-likeness (QED) is 0.594. The summed E-state index contributed by atoms with van der Waals surface area (Å²) in [6.45, 7) is 4.77. The van der Waals surface area contributed by atoms with E-state index in [2.05, 4.69) is 4.98 Å². The number of esters is 1. The van der Waals surface area contributed by atoms with Crippen molar-refractivity contribution in [3.8, 4) is 0 Å². The molecule has 6 nitrogen and oxygen atoms in total. The number of aromatic nitrogens is 2. The van der Waals surface area contributed by atoms with Crippen molar-refractivity contribution in [2.24, 2.45) is 0 Å². The number of aryl methyl sites for hydroxylation is 1. The van der Waals surface area contributed by atoms with Crippen LogP contribution in [0.4, 0.5) is 0 Å². The molecule has 0 fully saturated rings. The summed E-state index contributed by atoms with van der Waals surface area (Å²) in [7, 11) is 0. The van der Waals surface area contributed by atoms with Gasteiger partial charge >= 0.3 is 5.97 Å². The van der Waals surface area contributed by atoms with Crippen molar-refractivity contribution in [2.75, 3.05) is 19.8 Å². The molecule has 0 saturated heterocycles. The van der Waals surface area contributed by atoms with Crippen molar-refractivity contribution in [3.63, 3.8) is 0 Å². The van der Waals surface area contributed by atoms with Gasteiger partial charge < -0.3 is 9.47 Å². The third-order valence-corrected chi connectivity index (χ3v) is 3.59. The first-order chi connectivity index (χ1) is 9.61. The van der Waals surface area contributed by atoms with Gasteiger partial charge in [-0.2, -0.15) is 0 Å². The number of ether oxygens (including phenoxy) is 2. The number of hydrogen-bond acceptors (Lipinski definition) is 6. The number of fused-ring (bicyclic) bond motifs is 1. The molecule has 20 heavy (non-hydrogen) atoms. The lowest BCUT2D eigenvalue weighted by Crippen LogP contribution is -2.26. The lowest BCUT2D eigenvalue weighted by molar-refractivity contribution is -0.145. The van der Waals surface area contributed by atoms with Gasteiger partial charge in [-0.05, 0) is 19.9 Å². The first-order valence-corrected chi connectivity index (χ1v) is 7.12. The molecule has 0 aromatic carbocycles. The molecule has 0 atom stereocenters. The van der Waals surface area contributed by atoms with E-state index in [1.807, 2.05) is 13.8 Å². The van der Waals surface area contributed by atoms with E-state index in [9.17, 15) is 9.59 Å². The molecule has 0 aliphatic heterocycles. The lowest BCUT2D eigenvalue weighted by Gasteiger charge is -2.06. The zero-order valence-corrected chi connectivity index (χ0v) is 12.2. The molecule has 2 aromatic rings. The second-order valence-corrected chi connectivity index (χ2v) is 5.41. The highest BCUT2D eigenvalue weighted by molar-refractivity contribution is 7.18. The van der Waals surface area contributed by atoms with Crippen LogP contribution in [0.5, 0.6) is 0 Å². The highest BCUT2D eigenvalue weighted by atomic mass is 32.1. The Hall–Kier alpha value is -1.73. The molecule has 0 saturated carbocycles. The molecule has 0 spiro atoms. The third kappa shape index (κ3) is 3.43. The van der Waals surface area contributed by atoms with Gasteiger partial charge in [0.2, 0.25) is 0 Å². The molecule has 0 bridgehead atoms. The average molecular weight is 296 g/mol. The van der Waals surface area contributed by atoms with Crippen LogP contribution in [-0.4, -0.2) is 35.3 Å². The van der Waals surface area contributed by atoms with Crippen LogP contribution >= 0.6 is 11.3 Å². The Kier molecular flexibility index (Phi) is 4.86. The average Bonchev–Trinajstić information content (AvgIpc) is 2.80. The molecule has 2 aromatic heterocycles. The minimum atomic E-state index is -0.472. The second kappa shape index (κ2) is 6.62. The summed E-state index contributed by atoms with van der Waals surface area (Å²) in [4.78, 5) is 29.6. The van der Waals surface area contributed by atoms with Crippen LogP contribution in [0.1, 0.15) is 11.8 Å². The topological polar surface area (TPSA) is 70.4 Å². The van der Waals surface area contributed by atoms with Gasteiger partial charge in [0.15, 0.2) is 0 Å². The SMILES string of the molecule is CCOCCOC(=O)Cn1cnc2sc(C)cc2c1=O. The number of carbonyl (C=O) groups is 1. The molecule has 0 amide bonds.